The lowest BCUT2D eigenvalue weighted by Gasteiger charge is -2.20. The van der Waals surface area contributed by atoms with Crippen molar-refractivity contribution in [2.24, 2.45) is 0 Å². The van der Waals surface area contributed by atoms with Crippen molar-refractivity contribution >= 4 is 19.8 Å². The summed E-state index contributed by atoms with van der Waals surface area (Å²) in [7, 11) is -4.62. The number of carbonyl (C=O) groups excluding carboxylic acids is 2. The highest BCUT2D eigenvalue weighted by Gasteiger charge is 2.36. The van der Waals surface area contributed by atoms with Gasteiger partial charge in [-0.2, -0.15) is 0 Å². The van der Waals surface area contributed by atoms with E-state index in [0.29, 0.717) is 25.0 Å². The third-order valence-electron chi connectivity index (χ3n) is 10.0. The monoisotopic (exact) mass is 817 g/mol. The number of hydrogen-bond acceptors (Lipinski definition) is 10. The molecule has 328 valence electrons. The number of carbonyl (C=O) groups is 2. The van der Waals surface area contributed by atoms with Gasteiger partial charge < -0.3 is 29.3 Å². The zero-order valence-electron chi connectivity index (χ0n) is 35.3. The van der Waals surface area contributed by atoms with E-state index in [1.807, 2.05) is 0 Å². The molecule has 5 atom stereocenters. The molecule has 1 rings (SSSR count). The summed E-state index contributed by atoms with van der Waals surface area (Å²) in [5.74, 6) is -0.947. The lowest BCUT2D eigenvalue weighted by atomic mass is 10.1. The quantitative estimate of drug-likeness (QED) is 0.0177. The highest BCUT2D eigenvalue weighted by Crippen LogP contribution is 2.43. The third kappa shape index (κ3) is 33.4. The van der Waals surface area contributed by atoms with Crippen LogP contribution in [0.3, 0.4) is 0 Å². The molecule has 1 heterocycles. The first-order valence-corrected chi connectivity index (χ1v) is 23.9. The number of unbranched alkanes of at least 4 members (excludes halogenated alkanes) is 20. The molecule has 1 fully saturated rings. The van der Waals surface area contributed by atoms with Gasteiger partial charge in [-0.25, -0.2) is 4.57 Å². The van der Waals surface area contributed by atoms with Crippen molar-refractivity contribution in [1.82, 2.24) is 0 Å². The van der Waals surface area contributed by atoms with E-state index in [1.165, 1.54) is 89.9 Å². The third-order valence-corrected chi connectivity index (χ3v) is 11.0. The molecule has 0 aromatic rings. The predicted molar refractivity (Wildman–Crippen MR) is 223 cm³/mol. The summed E-state index contributed by atoms with van der Waals surface area (Å²) in [6.07, 6.45) is 37.4. The van der Waals surface area contributed by atoms with Gasteiger partial charge in [-0.15, -0.1) is 0 Å². The molecule has 0 amide bonds. The SMILES string of the molecule is CCCCCCCC/C=C\CCCCCCCCCC(=O)OC[C@H](COP(=O)(O)OC[C@@H](O)CO)OC(=O)CCCCCCC/C=C\CC1OC1CCCCC. The highest BCUT2D eigenvalue weighted by molar-refractivity contribution is 7.47. The van der Waals surface area contributed by atoms with Crippen LogP contribution >= 0.6 is 7.82 Å². The summed E-state index contributed by atoms with van der Waals surface area (Å²) in [4.78, 5) is 35.0. The molecule has 0 spiro atoms. The van der Waals surface area contributed by atoms with E-state index >= 15 is 0 Å². The second-order valence-corrected chi connectivity index (χ2v) is 16.9. The van der Waals surface area contributed by atoms with Gasteiger partial charge in [0.05, 0.1) is 32.0 Å². The average Bonchev–Trinajstić information content (AvgIpc) is 3.94. The van der Waals surface area contributed by atoms with Crippen molar-refractivity contribution in [3.05, 3.63) is 24.3 Å². The van der Waals surface area contributed by atoms with Crippen LogP contribution in [0.5, 0.6) is 0 Å². The largest absolute Gasteiger partial charge is 0.472 e. The Bertz CT molecular complexity index is 1050. The first-order chi connectivity index (χ1) is 27.2. The average molecular weight is 817 g/mol. The first kappa shape index (κ1) is 52.4. The maximum atomic E-state index is 12.6. The van der Waals surface area contributed by atoms with Crippen molar-refractivity contribution < 1.29 is 52.5 Å². The summed E-state index contributed by atoms with van der Waals surface area (Å²) in [6.45, 7) is 2.33. The molecule has 11 nitrogen and oxygen atoms in total. The normalized spacial score (nSPS) is 17.7. The molecule has 1 aliphatic rings. The Balaban J connectivity index is 2.23. The minimum atomic E-state index is -4.62. The van der Waals surface area contributed by atoms with Crippen molar-refractivity contribution in [2.75, 3.05) is 26.4 Å². The van der Waals surface area contributed by atoms with E-state index in [2.05, 4.69) is 38.2 Å². The molecule has 0 aliphatic carbocycles. The summed E-state index contributed by atoms with van der Waals surface area (Å²) in [5, 5.41) is 18.3. The number of ether oxygens (including phenoxy) is 3. The van der Waals surface area contributed by atoms with E-state index in [4.69, 9.17) is 28.4 Å². The standard InChI is InChI=1S/C44H81O11P/c1-3-5-7-8-9-10-11-12-13-14-15-16-17-18-22-25-29-33-43(47)51-37-40(38-53-56(49,50)52-36-39(46)35-45)54-44(48)34-30-26-23-20-19-21-24-28-32-42-41(55-42)31-27-6-4-2/h12-13,24,28,39-42,45-46H,3-11,14-23,25-27,29-38H2,1-2H3,(H,49,50)/b13-12-,28-24-/t39-,40+,41?,42?/m0/s1. The van der Waals surface area contributed by atoms with Crippen molar-refractivity contribution in [1.29, 1.82) is 0 Å². The Morgan fingerprint density at radius 1 is 0.625 bits per heavy atom. The first-order valence-electron chi connectivity index (χ1n) is 22.4. The minimum Gasteiger partial charge on any atom is -0.462 e. The smallest absolute Gasteiger partial charge is 0.462 e. The Hall–Kier alpha value is -1.59. The molecule has 3 unspecified atom stereocenters. The van der Waals surface area contributed by atoms with Crippen molar-refractivity contribution in [2.45, 2.75) is 218 Å². The van der Waals surface area contributed by atoms with Crippen LogP contribution in [0.4, 0.5) is 0 Å². The van der Waals surface area contributed by atoms with Gasteiger partial charge in [-0.3, -0.25) is 18.6 Å². The van der Waals surface area contributed by atoms with E-state index in [1.54, 1.807) is 0 Å². The van der Waals surface area contributed by atoms with Gasteiger partial charge in [0, 0.05) is 12.8 Å². The fourth-order valence-corrected chi connectivity index (χ4v) is 7.20. The number of epoxide rings is 1. The summed E-state index contributed by atoms with van der Waals surface area (Å²) in [6, 6.07) is 0. The van der Waals surface area contributed by atoms with E-state index in [0.717, 1.165) is 64.2 Å². The number of allylic oxidation sites excluding steroid dienone is 3. The van der Waals surface area contributed by atoms with Crippen LogP contribution in [0.25, 0.3) is 0 Å². The molecular formula is C44H81O11P. The van der Waals surface area contributed by atoms with Crippen LogP contribution in [0, 0.1) is 0 Å². The van der Waals surface area contributed by atoms with Crippen molar-refractivity contribution in [3.8, 4) is 0 Å². The highest BCUT2D eigenvalue weighted by atomic mass is 31.2. The summed E-state index contributed by atoms with van der Waals surface area (Å²) >= 11 is 0. The van der Waals surface area contributed by atoms with Crippen molar-refractivity contribution in [3.63, 3.8) is 0 Å². The van der Waals surface area contributed by atoms with Crippen LogP contribution in [0.15, 0.2) is 24.3 Å². The Morgan fingerprint density at radius 3 is 1.68 bits per heavy atom. The predicted octanol–water partition coefficient (Wildman–Crippen LogP) is 10.8. The number of esters is 2. The molecule has 0 bridgehead atoms. The molecule has 0 saturated carbocycles. The lowest BCUT2D eigenvalue weighted by molar-refractivity contribution is -0.161. The molecule has 0 aromatic heterocycles. The number of aliphatic hydroxyl groups excluding tert-OH is 2. The van der Waals surface area contributed by atoms with Gasteiger partial charge >= 0.3 is 19.8 Å². The van der Waals surface area contributed by atoms with Gasteiger partial charge in [-0.1, -0.05) is 141 Å². The number of rotatable bonds is 41. The van der Waals surface area contributed by atoms with Crippen LogP contribution in [-0.2, 0) is 37.4 Å². The molecule has 56 heavy (non-hydrogen) atoms. The fraction of sp³-hybridized carbons (Fsp3) is 0.864. The van der Waals surface area contributed by atoms with Crippen LogP contribution in [-0.4, -0.2) is 77.9 Å². The Morgan fingerprint density at radius 2 is 1.11 bits per heavy atom. The fourth-order valence-electron chi connectivity index (χ4n) is 6.41. The number of aliphatic hydroxyl groups is 2. The Labute approximate surface area is 340 Å². The second kappa shape index (κ2) is 36.5. The van der Waals surface area contributed by atoms with Crippen LogP contribution in [0.1, 0.15) is 194 Å². The maximum Gasteiger partial charge on any atom is 0.472 e. The van der Waals surface area contributed by atoms with Gasteiger partial charge in [0.2, 0.25) is 0 Å². The van der Waals surface area contributed by atoms with E-state index in [9.17, 15) is 24.2 Å². The second-order valence-electron chi connectivity index (χ2n) is 15.5. The zero-order chi connectivity index (χ0) is 41.0. The molecule has 0 aromatic carbocycles. The lowest BCUT2D eigenvalue weighted by Crippen LogP contribution is -2.29. The van der Waals surface area contributed by atoms with Gasteiger partial charge in [0.1, 0.15) is 12.7 Å². The van der Waals surface area contributed by atoms with Gasteiger partial charge in [-0.05, 0) is 64.2 Å². The minimum absolute atomic E-state index is 0.164. The van der Waals surface area contributed by atoms with E-state index < -0.39 is 51.8 Å². The van der Waals surface area contributed by atoms with Gasteiger partial charge in [0.25, 0.3) is 0 Å². The molecule has 0 radical (unpaired) electrons. The molecule has 1 saturated heterocycles. The number of hydrogen-bond donors (Lipinski definition) is 3. The number of phosphoric ester groups is 1. The molecule has 3 N–H and O–H groups in total. The van der Waals surface area contributed by atoms with Gasteiger partial charge in [0.15, 0.2) is 6.10 Å². The summed E-state index contributed by atoms with van der Waals surface area (Å²) in [5.41, 5.74) is 0. The molecule has 12 heteroatoms. The Kier molecular flexibility index (Phi) is 34.2. The summed E-state index contributed by atoms with van der Waals surface area (Å²) < 4.78 is 38.5. The number of phosphoric acid groups is 1. The topological polar surface area (TPSA) is 161 Å². The van der Waals surface area contributed by atoms with E-state index in [-0.39, 0.29) is 19.4 Å². The van der Waals surface area contributed by atoms with Crippen LogP contribution < -0.4 is 0 Å². The molecular weight excluding hydrogens is 735 g/mol. The maximum absolute atomic E-state index is 12.6. The molecule has 1 aliphatic heterocycles. The van der Waals surface area contributed by atoms with Crippen LogP contribution in [0.2, 0.25) is 0 Å². The zero-order valence-corrected chi connectivity index (χ0v) is 36.2.